The number of nitrogens with zero attached hydrogens (tertiary/aromatic N) is 1. The van der Waals surface area contributed by atoms with Crippen LogP contribution in [0.25, 0.3) is 0 Å². The quantitative estimate of drug-likeness (QED) is 0.739. The summed E-state index contributed by atoms with van der Waals surface area (Å²) in [4.78, 5) is 15.1. The predicted molar refractivity (Wildman–Crippen MR) is 69.6 cm³/mol. The Kier molecular flexibility index (Phi) is 3.15. The summed E-state index contributed by atoms with van der Waals surface area (Å²) in [5, 5.41) is 12.2. The molecule has 0 saturated heterocycles. The lowest BCUT2D eigenvalue weighted by atomic mass is 10.2. The Morgan fingerprint density at radius 3 is 2.94 bits per heavy atom. The van der Waals surface area contributed by atoms with E-state index in [0.717, 1.165) is 6.54 Å². The van der Waals surface area contributed by atoms with Gasteiger partial charge in [-0.1, -0.05) is 0 Å². The summed E-state index contributed by atoms with van der Waals surface area (Å²) >= 11 is 1.81. The molecule has 1 aliphatic carbocycles. The fourth-order valence-electron chi connectivity index (χ4n) is 1.62. The number of aromatic nitrogens is 1. The van der Waals surface area contributed by atoms with E-state index in [4.69, 9.17) is 10.8 Å². The molecule has 0 aliphatic heterocycles. The average molecular weight is 253 g/mol. The molecule has 2 rings (SSSR count). The van der Waals surface area contributed by atoms with E-state index in [-0.39, 0.29) is 10.3 Å². The van der Waals surface area contributed by atoms with E-state index < -0.39 is 5.97 Å². The number of thioether (sulfide) groups is 1. The van der Waals surface area contributed by atoms with E-state index in [0.29, 0.717) is 11.5 Å². The van der Waals surface area contributed by atoms with Gasteiger partial charge in [-0.3, -0.25) is 0 Å². The maximum absolute atomic E-state index is 11.0. The smallest absolute Gasteiger partial charge is 0.339 e. The van der Waals surface area contributed by atoms with Gasteiger partial charge in [0.1, 0.15) is 11.4 Å². The normalized spacial score (nSPS) is 16.5. The molecular formula is C11H15N3O2S. The number of nitrogens with two attached hydrogens (primary N) is 1. The first-order valence-corrected chi connectivity index (χ1v) is 6.57. The van der Waals surface area contributed by atoms with Gasteiger partial charge in [-0.05, 0) is 25.2 Å². The standard InChI is InChI=1S/C11H15N3O2S/c1-17-11(2-3-11)6-14-9-8(10(15)16)4-7(12)5-13-9/h4-5H,2-3,6,12H2,1H3,(H,13,14)(H,15,16). The van der Waals surface area contributed by atoms with Crippen molar-refractivity contribution >= 4 is 29.2 Å². The molecule has 0 spiro atoms. The van der Waals surface area contributed by atoms with Gasteiger partial charge in [0, 0.05) is 11.3 Å². The highest BCUT2D eigenvalue weighted by molar-refractivity contribution is 8.00. The van der Waals surface area contributed by atoms with Crippen LogP contribution in [0.15, 0.2) is 12.3 Å². The van der Waals surface area contributed by atoms with Gasteiger partial charge >= 0.3 is 5.97 Å². The molecule has 1 aliphatic rings. The highest BCUT2D eigenvalue weighted by Gasteiger charge is 2.41. The number of carboxylic acids is 1. The Morgan fingerprint density at radius 1 is 1.71 bits per heavy atom. The molecule has 1 saturated carbocycles. The Labute approximate surface area is 104 Å². The molecule has 0 atom stereocenters. The van der Waals surface area contributed by atoms with Crippen molar-refractivity contribution < 1.29 is 9.90 Å². The average Bonchev–Trinajstić information content (AvgIpc) is 3.08. The molecule has 92 valence electrons. The molecular weight excluding hydrogens is 238 g/mol. The molecule has 1 heterocycles. The van der Waals surface area contributed by atoms with Crippen molar-refractivity contribution in [2.45, 2.75) is 17.6 Å². The number of carboxylic acid groups (broad SMARTS) is 1. The lowest BCUT2D eigenvalue weighted by Crippen LogP contribution is -2.20. The molecule has 0 unspecified atom stereocenters. The molecule has 1 aromatic rings. The number of anilines is 2. The minimum absolute atomic E-state index is 0.127. The SMILES string of the molecule is CSC1(CNc2ncc(N)cc2C(=O)O)CC1. The molecule has 0 aromatic carbocycles. The monoisotopic (exact) mass is 253 g/mol. The number of hydrogen-bond donors (Lipinski definition) is 3. The van der Waals surface area contributed by atoms with Crippen molar-refractivity contribution in [2.75, 3.05) is 23.9 Å². The zero-order valence-electron chi connectivity index (χ0n) is 9.56. The number of carbonyl (C=O) groups is 1. The van der Waals surface area contributed by atoms with Crippen LogP contribution in [0.4, 0.5) is 11.5 Å². The fourth-order valence-corrected chi connectivity index (χ4v) is 2.35. The van der Waals surface area contributed by atoms with Gasteiger partial charge in [-0.2, -0.15) is 11.8 Å². The summed E-state index contributed by atoms with van der Waals surface area (Å²) in [7, 11) is 0. The van der Waals surface area contributed by atoms with E-state index >= 15 is 0 Å². The van der Waals surface area contributed by atoms with Gasteiger partial charge in [0.15, 0.2) is 0 Å². The third-order valence-electron chi connectivity index (χ3n) is 2.96. The van der Waals surface area contributed by atoms with Crippen molar-refractivity contribution in [1.82, 2.24) is 4.98 Å². The van der Waals surface area contributed by atoms with Crippen molar-refractivity contribution in [3.05, 3.63) is 17.8 Å². The Bertz CT molecular complexity index is 446. The van der Waals surface area contributed by atoms with E-state index in [9.17, 15) is 4.79 Å². The Hall–Kier alpha value is -1.43. The van der Waals surface area contributed by atoms with Crippen LogP contribution >= 0.6 is 11.8 Å². The van der Waals surface area contributed by atoms with Crippen LogP contribution in [0.1, 0.15) is 23.2 Å². The van der Waals surface area contributed by atoms with E-state index in [1.54, 1.807) is 0 Å². The summed E-state index contributed by atoms with van der Waals surface area (Å²) < 4.78 is 0.263. The zero-order valence-corrected chi connectivity index (χ0v) is 10.4. The predicted octanol–water partition coefficient (Wildman–Crippen LogP) is 1.67. The van der Waals surface area contributed by atoms with Gasteiger partial charge in [0.25, 0.3) is 0 Å². The third kappa shape index (κ3) is 2.63. The highest BCUT2D eigenvalue weighted by atomic mass is 32.2. The molecule has 4 N–H and O–H groups in total. The lowest BCUT2D eigenvalue weighted by Gasteiger charge is -2.14. The first-order chi connectivity index (χ1) is 8.06. The summed E-state index contributed by atoms with van der Waals surface area (Å²) in [6.45, 7) is 0.741. The van der Waals surface area contributed by atoms with Crippen molar-refractivity contribution in [3.8, 4) is 0 Å². The molecule has 0 amide bonds. The summed E-state index contributed by atoms with van der Waals surface area (Å²) in [5.74, 6) is -0.617. The third-order valence-corrected chi connectivity index (χ3v) is 4.38. The van der Waals surface area contributed by atoms with Gasteiger partial charge in [-0.15, -0.1) is 0 Å². The first kappa shape index (κ1) is 12.0. The fraction of sp³-hybridized carbons (Fsp3) is 0.455. The number of nitrogens with one attached hydrogen (secondary N) is 1. The topological polar surface area (TPSA) is 88.2 Å². The largest absolute Gasteiger partial charge is 0.478 e. The van der Waals surface area contributed by atoms with Crippen molar-refractivity contribution in [2.24, 2.45) is 0 Å². The van der Waals surface area contributed by atoms with Crippen LogP contribution in [-0.2, 0) is 0 Å². The summed E-state index contributed by atoms with van der Waals surface area (Å²) in [6, 6.07) is 1.43. The van der Waals surface area contributed by atoms with Crippen LogP contribution in [0.2, 0.25) is 0 Å². The lowest BCUT2D eigenvalue weighted by molar-refractivity contribution is 0.0697. The van der Waals surface area contributed by atoms with Crippen LogP contribution in [0.5, 0.6) is 0 Å². The number of aromatic carboxylic acids is 1. The maximum Gasteiger partial charge on any atom is 0.339 e. The van der Waals surface area contributed by atoms with Crippen LogP contribution < -0.4 is 11.1 Å². The summed E-state index contributed by atoms with van der Waals surface area (Å²) in [6.07, 6.45) is 5.87. The number of pyridine rings is 1. The van der Waals surface area contributed by atoms with Gasteiger partial charge < -0.3 is 16.2 Å². The van der Waals surface area contributed by atoms with Crippen LogP contribution in [-0.4, -0.2) is 33.6 Å². The van der Waals surface area contributed by atoms with Gasteiger partial charge in [0.2, 0.25) is 0 Å². The first-order valence-electron chi connectivity index (χ1n) is 5.34. The van der Waals surface area contributed by atoms with Gasteiger partial charge in [0.05, 0.1) is 11.9 Å². The minimum Gasteiger partial charge on any atom is -0.478 e. The second-order valence-corrected chi connectivity index (χ2v) is 5.48. The molecule has 6 heteroatoms. The Morgan fingerprint density at radius 2 is 2.41 bits per heavy atom. The van der Waals surface area contributed by atoms with Crippen molar-refractivity contribution in [1.29, 1.82) is 0 Å². The minimum atomic E-state index is -1.01. The number of hydrogen-bond acceptors (Lipinski definition) is 5. The molecule has 0 bridgehead atoms. The van der Waals surface area contributed by atoms with E-state index in [1.807, 2.05) is 11.8 Å². The molecule has 1 fully saturated rings. The second-order valence-electron chi connectivity index (χ2n) is 4.21. The maximum atomic E-state index is 11.0. The molecule has 0 radical (unpaired) electrons. The van der Waals surface area contributed by atoms with Crippen molar-refractivity contribution in [3.63, 3.8) is 0 Å². The second kappa shape index (κ2) is 4.44. The molecule has 1 aromatic heterocycles. The van der Waals surface area contributed by atoms with Crippen LogP contribution in [0, 0.1) is 0 Å². The van der Waals surface area contributed by atoms with Gasteiger partial charge in [-0.25, -0.2) is 9.78 Å². The van der Waals surface area contributed by atoms with E-state index in [2.05, 4.69) is 16.6 Å². The highest BCUT2D eigenvalue weighted by Crippen LogP contribution is 2.47. The summed E-state index contributed by atoms with van der Waals surface area (Å²) in [5.41, 5.74) is 6.01. The van der Waals surface area contributed by atoms with Crippen LogP contribution in [0.3, 0.4) is 0 Å². The zero-order chi connectivity index (χ0) is 12.5. The molecule has 5 nitrogen and oxygen atoms in total. The Balaban J connectivity index is 2.12. The number of nitrogen functional groups attached to an aromatic ring is 1. The number of rotatable bonds is 5. The van der Waals surface area contributed by atoms with E-state index in [1.165, 1.54) is 25.1 Å². The molecule has 17 heavy (non-hydrogen) atoms.